The Morgan fingerprint density at radius 1 is 1.00 bits per heavy atom. The van der Waals surface area contributed by atoms with E-state index in [0.717, 1.165) is 0 Å². The molecule has 0 aliphatic rings. The van der Waals surface area contributed by atoms with Gasteiger partial charge in [-0.05, 0) is 11.6 Å². The van der Waals surface area contributed by atoms with Crippen LogP contribution in [0.5, 0.6) is 0 Å². The zero-order chi connectivity index (χ0) is 14.1. The van der Waals surface area contributed by atoms with E-state index in [9.17, 15) is 39.9 Å². The van der Waals surface area contributed by atoms with E-state index in [2.05, 4.69) is 11.6 Å². The van der Waals surface area contributed by atoms with E-state index in [1.807, 2.05) is 0 Å². The number of carbonyl (C=O) groups excluding carboxylic acids is 1. The van der Waals surface area contributed by atoms with Gasteiger partial charge in [-0.25, -0.2) is 8.78 Å². The molecule has 0 amide bonds. The minimum absolute atomic E-state index is 2.56. The second kappa shape index (κ2) is 4.95. The minimum Gasteiger partial charge on any atom is -0.274 e. The van der Waals surface area contributed by atoms with Gasteiger partial charge in [0.05, 0.1) is 12.8 Å². The third-order valence-electron chi connectivity index (χ3n) is 1.68. The SMILES string of the molecule is O=C(Cl)C(F)(F)CC(F)(F)C(F)(F)CC(F)F. The van der Waals surface area contributed by atoms with E-state index in [1.54, 1.807) is 0 Å². The molecule has 17 heavy (non-hydrogen) atoms. The average Bonchev–Trinajstić information content (AvgIpc) is 1.97. The lowest BCUT2D eigenvalue weighted by Crippen LogP contribution is -2.47. The van der Waals surface area contributed by atoms with Crippen LogP contribution in [0, 0.1) is 0 Å². The second-order valence-electron chi connectivity index (χ2n) is 3.16. The maximum absolute atomic E-state index is 12.6. The number of hydrogen-bond donors (Lipinski definition) is 0. The Bertz CT molecular complexity index is 290. The summed E-state index contributed by atoms with van der Waals surface area (Å²) in [6.45, 7) is 0. The quantitative estimate of drug-likeness (QED) is 0.539. The molecule has 0 N–H and O–H groups in total. The van der Waals surface area contributed by atoms with Crippen molar-refractivity contribution in [2.75, 3.05) is 0 Å². The van der Waals surface area contributed by atoms with Crippen LogP contribution in [0.25, 0.3) is 0 Å². The van der Waals surface area contributed by atoms with Gasteiger partial charge in [0.1, 0.15) is 0 Å². The van der Waals surface area contributed by atoms with Crippen molar-refractivity contribution in [1.29, 1.82) is 0 Å². The zero-order valence-electron chi connectivity index (χ0n) is 7.80. The summed E-state index contributed by atoms with van der Waals surface area (Å²) in [5.41, 5.74) is 0. The molecule has 0 aromatic rings. The Hall–Kier alpha value is -0.600. The first-order valence-electron chi connectivity index (χ1n) is 3.93. The van der Waals surface area contributed by atoms with Crippen molar-refractivity contribution in [2.24, 2.45) is 0 Å². The van der Waals surface area contributed by atoms with Gasteiger partial charge in [0, 0.05) is 0 Å². The lowest BCUT2D eigenvalue weighted by Gasteiger charge is -2.28. The molecule has 10 heteroatoms. The number of carbonyl (C=O) groups is 1. The van der Waals surface area contributed by atoms with E-state index in [1.165, 1.54) is 0 Å². The van der Waals surface area contributed by atoms with Gasteiger partial charge in [0.15, 0.2) is 0 Å². The highest BCUT2D eigenvalue weighted by Gasteiger charge is 2.62. The fourth-order valence-corrected chi connectivity index (χ4v) is 0.888. The average molecular weight is 293 g/mol. The Kier molecular flexibility index (Phi) is 4.77. The van der Waals surface area contributed by atoms with Crippen molar-refractivity contribution in [1.82, 2.24) is 0 Å². The predicted octanol–water partition coefficient (Wildman–Crippen LogP) is 3.70. The van der Waals surface area contributed by atoms with Crippen LogP contribution in [0.15, 0.2) is 0 Å². The van der Waals surface area contributed by atoms with E-state index in [-0.39, 0.29) is 0 Å². The molecule has 0 aliphatic carbocycles. The van der Waals surface area contributed by atoms with Gasteiger partial charge in [-0.15, -0.1) is 0 Å². The summed E-state index contributed by atoms with van der Waals surface area (Å²) in [7, 11) is 0. The van der Waals surface area contributed by atoms with Crippen molar-refractivity contribution in [3.63, 3.8) is 0 Å². The van der Waals surface area contributed by atoms with Crippen molar-refractivity contribution >= 4 is 16.8 Å². The van der Waals surface area contributed by atoms with Gasteiger partial charge < -0.3 is 0 Å². The van der Waals surface area contributed by atoms with Crippen LogP contribution < -0.4 is 0 Å². The first-order chi connectivity index (χ1) is 7.32. The van der Waals surface area contributed by atoms with Gasteiger partial charge >= 0.3 is 17.8 Å². The second-order valence-corrected chi connectivity index (χ2v) is 3.50. The molecule has 0 bridgehead atoms. The maximum Gasteiger partial charge on any atom is 0.326 e. The highest BCUT2D eigenvalue weighted by molar-refractivity contribution is 6.65. The lowest BCUT2D eigenvalue weighted by molar-refractivity contribution is -0.246. The molecular formula is C7H5ClF8O. The molecule has 1 nitrogen and oxygen atoms in total. The van der Waals surface area contributed by atoms with Crippen LogP contribution >= 0.6 is 11.6 Å². The summed E-state index contributed by atoms with van der Waals surface area (Å²) in [6, 6.07) is 0. The Morgan fingerprint density at radius 2 is 1.41 bits per heavy atom. The van der Waals surface area contributed by atoms with E-state index in [0.29, 0.717) is 0 Å². The van der Waals surface area contributed by atoms with E-state index >= 15 is 0 Å². The van der Waals surface area contributed by atoms with Gasteiger partial charge in [0.25, 0.3) is 5.24 Å². The van der Waals surface area contributed by atoms with Crippen molar-refractivity contribution in [3.8, 4) is 0 Å². The molecule has 0 aromatic heterocycles. The molecule has 0 aliphatic heterocycles. The summed E-state index contributed by atoms with van der Waals surface area (Å²) in [5.74, 6) is -15.8. The van der Waals surface area contributed by atoms with Gasteiger partial charge in [-0.1, -0.05) is 0 Å². The minimum atomic E-state index is -5.47. The molecular weight excluding hydrogens is 288 g/mol. The number of halogens is 9. The third kappa shape index (κ3) is 4.29. The Balaban J connectivity index is 4.95. The topological polar surface area (TPSA) is 17.1 Å². The van der Waals surface area contributed by atoms with Crippen LogP contribution in [0.4, 0.5) is 35.1 Å². The number of alkyl halides is 8. The zero-order valence-corrected chi connectivity index (χ0v) is 8.56. The molecule has 0 aromatic carbocycles. The standard InChI is InChI=1S/C7H5ClF8O/c8-4(17)5(11,12)2-7(15,16)6(13,14)1-3(9)10/h3H,1-2H2. The van der Waals surface area contributed by atoms with Crippen molar-refractivity contribution < 1.29 is 39.9 Å². The molecule has 0 radical (unpaired) electrons. The van der Waals surface area contributed by atoms with Crippen LogP contribution in [0.1, 0.15) is 12.8 Å². The third-order valence-corrected chi connectivity index (χ3v) is 1.95. The van der Waals surface area contributed by atoms with Gasteiger partial charge in [0.2, 0.25) is 6.43 Å². The number of rotatable bonds is 6. The number of hydrogen-bond acceptors (Lipinski definition) is 1. The molecule has 0 atom stereocenters. The first kappa shape index (κ1) is 16.4. The smallest absolute Gasteiger partial charge is 0.274 e. The first-order valence-corrected chi connectivity index (χ1v) is 4.31. The van der Waals surface area contributed by atoms with E-state index < -0.39 is 42.3 Å². The van der Waals surface area contributed by atoms with Crippen molar-refractivity contribution in [2.45, 2.75) is 37.0 Å². The molecule has 0 unspecified atom stereocenters. The maximum atomic E-state index is 12.6. The molecule has 0 fully saturated rings. The normalized spacial score (nSPS) is 14.2. The highest BCUT2D eigenvalue weighted by atomic mass is 35.5. The van der Waals surface area contributed by atoms with Crippen molar-refractivity contribution in [3.05, 3.63) is 0 Å². The summed E-state index contributed by atoms with van der Waals surface area (Å²) >= 11 is 4.22. The van der Waals surface area contributed by atoms with Crippen LogP contribution in [0.2, 0.25) is 0 Å². The largest absolute Gasteiger partial charge is 0.326 e. The molecule has 0 heterocycles. The van der Waals surface area contributed by atoms with E-state index in [4.69, 9.17) is 0 Å². The van der Waals surface area contributed by atoms with Gasteiger partial charge in [-0.3, -0.25) is 4.79 Å². The highest BCUT2D eigenvalue weighted by Crippen LogP contribution is 2.45. The summed E-state index contributed by atoms with van der Waals surface area (Å²) in [4.78, 5) is 9.98. The summed E-state index contributed by atoms with van der Waals surface area (Å²) in [5, 5.41) is -2.56. The molecule has 102 valence electrons. The fraction of sp³-hybridized carbons (Fsp3) is 0.857. The fourth-order valence-electron chi connectivity index (χ4n) is 0.821. The van der Waals surface area contributed by atoms with Crippen LogP contribution in [-0.4, -0.2) is 29.4 Å². The predicted molar refractivity (Wildman–Crippen MR) is 40.9 cm³/mol. The molecule has 0 saturated carbocycles. The monoisotopic (exact) mass is 292 g/mol. The molecule has 0 rings (SSSR count). The molecule has 0 spiro atoms. The van der Waals surface area contributed by atoms with Crippen LogP contribution in [0.3, 0.4) is 0 Å². The summed E-state index contributed by atoms with van der Waals surface area (Å²) < 4.78 is 98.3. The van der Waals surface area contributed by atoms with Crippen LogP contribution in [-0.2, 0) is 4.79 Å². The Labute approximate surface area is 94.7 Å². The molecule has 0 saturated heterocycles. The summed E-state index contributed by atoms with van der Waals surface area (Å²) in [6.07, 6.45) is -9.33. The van der Waals surface area contributed by atoms with Gasteiger partial charge in [-0.2, -0.15) is 26.3 Å². The Morgan fingerprint density at radius 3 is 1.71 bits per heavy atom. The lowest BCUT2D eigenvalue weighted by atomic mass is 10.0.